The third kappa shape index (κ3) is 2.16. The predicted molar refractivity (Wildman–Crippen MR) is 79.8 cm³/mol. The van der Waals surface area contributed by atoms with Crippen LogP contribution in [0, 0.1) is 6.92 Å². The second kappa shape index (κ2) is 4.81. The summed E-state index contributed by atoms with van der Waals surface area (Å²) in [6, 6.07) is 13.3. The Hall–Kier alpha value is -2.62. The number of carbonyl (C=O) groups excluding carboxylic acids is 1. The molecule has 0 spiro atoms. The maximum atomic E-state index is 12.3. The fraction of sp³-hybridized carbons (Fsp3) is 0.125. The molecule has 4 heteroatoms. The Balaban J connectivity index is 1.91. The Kier molecular flexibility index (Phi) is 2.99. The highest BCUT2D eigenvalue weighted by molar-refractivity contribution is 6.06. The standard InChI is InChI=1S/C16H15N3O/c1-11-5-3-4-6-13(11)18-16(20)12-7-8-15-14(9-12)17-10-19(15)2/h3-10H,1-2H3,(H,18,20). The Labute approximate surface area is 117 Å². The number of anilines is 1. The molecule has 3 aromatic rings. The average molecular weight is 265 g/mol. The first-order valence-electron chi connectivity index (χ1n) is 6.43. The average Bonchev–Trinajstić information content (AvgIpc) is 2.82. The van der Waals surface area contributed by atoms with E-state index < -0.39 is 0 Å². The topological polar surface area (TPSA) is 46.9 Å². The number of hydrogen-bond acceptors (Lipinski definition) is 2. The number of aryl methyl sites for hydroxylation is 2. The zero-order valence-corrected chi connectivity index (χ0v) is 11.4. The number of fused-ring (bicyclic) bond motifs is 1. The number of rotatable bonds is 2. The lowest BCUT2D eigenvalue weighted by atomic mass is 10.1. The quantitative estimate of drug-likeness (QED) is 0.773. The van der Waals surface area contributed by atoms with E-state index in [-0.39, 0.29) is 5.91 Å². The van der Waals surface area contributed by atoms with E-state index in [2.05, 4.69) is 10.3 Å². The third-order valence-electron chi connectivity index (χ3n) is 3.38. The van der Waals surface area contributed by atoms with Gasteiger partial charge in [0.15, 0.2) is 0 Å². The molecular formula is C16H15N3O. The van der Waals surface area contributed by atoms with Crippen LogP contribution in [0.5, 0.6) is 0 Å². The smallest absolute Gasteiger partial charge is 0.255 e. The third-order valence-corrected chi connectivity index (χ3v) is 3.38. The van der Waals surface area contributed by atoms with Crippen LogP contribution < -0.4 is 5.32 Å². The number of imidazole rings is 1. The van der Waals surface area contributed by atoms with Crippen molar-refractivity contribution in [3.8, 4) is 0 Å². The Morgan fingerprint density at radius 2 is 2.00 bits per heavy atom. The van der Waals surface area contributed by atoms with E-state index in [1.807, 2.05) is 61.0 Å². The van der Waals surface area contributed by atoms with Crippen molar-refractivity contribution in [1.29, 1.82) is 0 Å². The van der Waals surface area contributed by atoms with Gasteiger partial charge in [-0.2, -0.15) is 0 Å². The van der Waals surface area contributed by atoms with Gasteiger partial charge in [-0.15, -0.1) is 0 Å². The number of nitrogens with zero attached hydrogens (tertiary/aromatic N) is 2. The summed E-state index contributed by atoms with van der Waals surface area (Å²) in [7, 11) is 1.93. The van der Waals surface area contributed by atoms with Gasteiger partial charge in [-0.05, 0) is 36.8 Å². The van der Waals surface area contributed by atoms with E-state index in [0.717, 1.165) is 22.3 Å². The molecule has 1 heterocycles. The zero-order chi connectivity index (χ0) is 14.1. The Morgan fingerprint density at radius 1 is 1.20 bits per heavy atom. The van der Waals surface area contributed by atoms with Crippen molar-refractivity contribution in [3.05, 3.63) is 59.9 Å². The molecule has 0 radical (unpaired) electrons. The molecule has 0 fully saturated rings. The number of aromatic nitrogens is 2. The lowest BCUT2D eigenvalue weighted by molar-refractivity contribution is 0.102. The summed E-state index contributed by atoms with van der Waals surface area (Å²) in [6.45, 7) is 1.97. The van der Waals surface area contributed by atoms with Gasteiger partial charge in [-0.25, -0.2) is 4.98 Å². The summed E-state index contributed by atoms with van der Waals surface area (Å²) in [5.41, 5.74) is 4.32. The van der Waals surface area contributed by atoms with Crippen LogP contribution in [0.4, 0.5) is 5.69 Å². The molecule has 0 aliphatic carbocycles. The molecule has 3 rings (SSSR count). The first-order chi connectivity index (χ1) is 9.65. The van der Waals surface area contributed by atoms with Gasteiger partial charge in [0, 0.05) is 18.3 Å². The van der Waals surface area contributed by atoms with E-state index in [1.165, 1.54) is 0 Å². The van der Waals surface area contributed by atoms with Crippen molar-refractivity contribution in [2.75, 3.05) is 5.32 Å². The maximum Gasteiger partial charge on any atom is 0.255 e. The van der Waals surface area contributed by atoms with Crippen LogP contribution in [0.25, 0.3) is 11.0 Å². The number of hydrogen-bond donors (Lipinski definition) is 1. The highest BCUT2D eigenvalue weighted by atomic mass is 16.1. The van der Waals surface area contributed by atoms with Gasteiger partial charge in [-0.3, -0.25) is 4.79 Å². The zero-order valence-electron chi connectivity index (χ0n) is 11.4. The van der Waals surface area contributed by atoms with Crippen LogP contribution in [0.15, 0.2) is 48.8 Å². The van der Waals surface area contributed by atoms with E-state index in [9.17, 15) is 4.79 Å². The number of amides is 1. The van der Waals surface area contributed by atoms with Crippen LogP contribution >= 0.6 is 0 Å². The molecule has 0 bridgehead atoms. The second-order valence-corrected chi connectivity index (χ2v) is 4.83. The lowest BCUT2D eigenvalue weighted by Gasteiger charge is -2.08. The summed E-state index contributed by atoms with van der Waals surface area (Å²) >= 11 is 0. The van der Waals surface area contributed by atoms with Crippen molar-refractivity contribution >= 4 is 22.6 Å². The summed E-state index contributed by atoms with van der Waals surface area (Å²) in [4.78, 5) is 16.5. The molecule has 100 valence electrons. The summed E-state index contributed by atoms with van der Waals surface area (Å²) in [5.74, 6) is -0.119. The molecule has 20 heavy (non-hydrogen) atoms. The van der Waals surface area contributed by atoms with Crippen molar-refractivity contribution in [2.45, 2.75) is 6.92 Å². The van der Waals surface area contributed by atoms with Crippen molar-refractivity contribution in [2.24, 2.45) is 7.05 Å². The van der Waals surface area contributed by atoms with Gasteiger partial charge in [0.05, 0.1) is 17.4 Å². The van der Waals surface area contributed by atoms with Gasteiger partial charge in [0.25, 0.3) is 5.91 Å². The second-order valence-electron chi connectivity index (χ2n) is 4.83. The number of para-hydroxylation sites is 1. The van der Waals surface area contributed by atoms with Crippen molar-refractivity contribution < 1.29 is 4.79 Å². The minimum atomic E-state index is -0.119. The van der Waals surface area contributed by atoms with E-state index >= 15 is 0 Å². The molecule has 0 aliphatic rings. The van der Waals surface area contributed by atoms with Crippen molar-refractivity contribution in [3.63, 3.8) is 0 Å². The number of benzene rings is 2. The van der Waals surface area contributed by atoms with Crippen LogP contribution in [0.3, 0.4) is 0 Å². The van der Waals surface area contributed by atoms with E-state index in [1.54, 1.807) is 6.33 Å². The summed E-state index contributed by atoms with van der Waals surface area (Å²) < 4.78 is 1.93. The fourth-order valence-corrected chi connectivity index (χ4v) is 2.18. The first kappa shape index (κ1) is 12.4. The lowest BCUT2D eigenvalue weighted by Crippen LogP contribution is -2.12. The normalized spacial score (nSPS) is 10.7. The monoisotopic (exact) mass is 265 g/mol. The molecule has 4 nitrogen and oxygen atoms in total. The van der Waals surface area contributed by atoms with Gasteiger partial charge in [0.2, 0.25) is 0 Å². The van der Waals surface area contributed by atoms with Crippen LogP contribution in [-0.4, -0.2) is 15.5 Å². The van der Waals surface area contributed by atoms with Crippen molar-refractivity contribution in [1.82, 2.24) is 9.55 Å². The minimum absolute atomic E-state index is 0.119. The van der Waals surface area contributed by atoms with Gasteiger partial charge >= 0.3 is 0 Å². The highest BCUT2D eigenvalue weighted by Crippen LogP contribution is 2.17. The van der Waals surface area contributed by atoms with E-state index in [4.69, 9.17) is 0 Å². The predicted octanol–water partition coefficient (Wildman–Crippen LogP) is 3.13. The molecular weight excluding hydrogens is 250 g/mol. The molecule has 1 N–H and O–H groups in total. The molecule has 2 aromatic carbocycles. The highest BCUT2D eigenvalue weighted by Gasteiger charge is 2.09. The molecule has 0 unspecified atom stereocenters. The van der Waals surface area contributed by atoms with Crippen LogP contribution in [-0.2, 0) is 7.05 Å². The molecule has 0 aliphatic heterocycles. The first-order valence-corrected chi connectivity index (χ1v) is 6.43. The molecule has 0 saturated heterocycles. The number of nitrogens with one attached hydrogen (secondary N) is 1. The number of carbonyl (C=O) groups is 1. The summed E-state index contributed by atoms with van der Waals surface area (Å²) in [5, 5.41) is 2.92. The fourth-order valence-electron chi connectivity index (χ4n) is 2.18. The molecule has 0 saturated carbocycles. The molecule has 1 amide bonds. The van der Waals surface area contributed by atoms with E-state index in [0.29, 0.717) is 5.56 Å². The molecule has 1 aromatic heterocycles. The Bertz CT molecular complexity index is 789. The molecule has 0 atom stereocenters. The van der Waals surface area contributed by atoms with Gasteiger partial charge in [0.1, 0.15) is 0 Å². The van der Waals surface area contributed by atoms with Crippen LogP contribution in [0.2, 0.25) is 0 Å². The van der Waals surface area contributed by atoms with Gasteiger partial charge < -0.3 is 9.88 Å². The largest absolute Gasteiger partial charge is 0.334 e. The Morgan fingerprint density at radius 3 is 2.80 bits per heavy atom. The summed E-state index contributed by atoms with van der Waals surface area (Å²) in [6.07, 6.45) is 1.74. The SMILES string of the molecule is Cc1ccccc1NC(=O)c1ccc2c(c1)ncn2C. The minimum Gasteiger partial charge on any atom is -0.334 e. The van der Waals surface area contributed by atoms with Crippen LogP contribution in [0.1, 0.15) is 15.9 Å². The van der Waals surface area contributed by atoms with Gasteiger partial charge in [-0.1, -0.05) is 18.2 Å². The maximum absolute atomic E-state index is 12.3.